The standard InChI is InChI=1S/C12H15F3N4S/c1-2-8-5-9-10(17-7-18-11(9)20-8)19(4-3-16)6-12(13,14)15/h5,7H,2-4,6,16H2,1H3. The molecule has 0 aliphatic rings. The van der Waals surface area contributed by atoms with Gasteiger partial charge in [-0.2, -0.15) is 13.2 Å². The van der Waals surface area contributed by atoms with Crippen LogP contribution in [0.2, 0.25) is 0 Å². The first-order chi connectivity index (χ1) is 9.44. The molecule has 0 saturated heterocycles. The molecule has 2 heterocycles. The minimum atomic E-state index is -4.30. The highest BCUT2D eigenvalue weighted by Gasteiger charge is 2.32. The highest BCUT2D eigenvalue weighted by molar-refractivity contribution is 7.18. The Hall–Kier alpha value is -1.41. The molecule has 2 aromatic rings. The maximum Gasteiger partial charge on any atom is 0.405 e. The lowest BCUT2D eigenvalue weighted by Crippen LogP contribution is -2.38. The van der Waals surface area contributed by atoms with Crippen molar-refractivity contribution in [3.8, 4) is 0 Å². The van der Waals surface area contributed by atoms with Crippen molar-refractivity contribution in [2.75, 3.05) is 24.5 Å². The van der Waals surface area contributed by atoms with E-state index in [-0.39, 0.29) is 13.1 Å². The maximum absolute atomic E-state index is 12.7. The molecule has 8 heteroatoms. The zero-order chi connectivity index (χ0) is 14.8. The maximum atomic E-state index is 12.7. The second-order valence-electron chi connectivity index (χ2n) is 4.31. The van der Waals surface area contributed by atoms with E-state index >= 15 is 0 Å². The average Bonchev–Trinajstić information content (AvgIpc) is 2.79. The molecule has 0 radical (unpaired) electrons. The van der Waals surface area contributed by atoms with Crippen molar-refractivity contribution in [1.29, 1.82) is 0 Å². The molecule has 0 bridgehead atoms. The van der Waals surface area contributed by atoms with Gasteiger partial charge in [-0.25, -0.2) is 9.97 Å². The largest absolute Gasteiger partial charge is 0.405 e. The fraction of sp³-hybridized carbons (Fsp3) is 0.500. The van der Waals surface area contributed by atoms with Crippen LogP contribution in [0.1, 0.15) is 11.8 Å². The average molecular weight is 304 g/mol. The minimum absolute atomic E-state index is 0.100. The summed E-state index contributed by atoms with van der Waals surface area (Å²) in [4.78, 5) is 11.1. The Kier molecular flexibility index (Phi) is 4.44. The number of alkyl halides is 3. The predicted molar refractivity (Wildman–Crippen MR) is 74.1 cm³/mol. The van der Waals surface area contributed by atoms with Crippen molar-refractivity contribution < 1.29 is 13.2 Å². The van der Waals surface area contributed by atoms with Crippen LogP contribution in [-0.2, 0) is 6.42 Å². The number of fused-ring (bicyclic) bond motifs is 1. The van der Waals surface area contributed by atoms with Crippen LogP contribution in [0.3, 0.4) is 0 Å². The lowest BCUT2D eigenvalue weighted by molar-refractivity contribution is -0.119. The molecular weight excluding hydrogens is 289 g/mol. The van der Waals surface area contributed by atoms with Crippen LogP contribution in [0.4, 0.5) is 19.0 Å². The summed E-state index contributed by atoms with van der Waals surface area (Å²) in [7, 11) is 0. The third kappa shape index (κ3) is 3.37. The lowest BCUT2D eigenvalue weighted by Gasteiger charge is -2.24. The van der Waals surface area contributed by atoms with E-state index in [1.165, 1.54) is 17.7 Å². The Balaban J connectivity index is 2.44. The number of rotatable bonds is 5. The molecule has 0 atom stereocenters. The SMILES string of the molecule is CCc1cc2c(N(CCN)CC(F)(F)F)ncnc2s1. The van der Waals surface area contributed by atoms with Crippen LogP contribution in [0.15, 0.2) is 12.4 Å². The van der Waals surface area contributed by atoms with Gasteiger partial charge in [-0.3, -0.25) is 0 Å². The normalized spacial score (nSPS) is 12.1. The Morgan fingerprint density at radius 1 is 1.35 bits per heavy atom. The number of hydrogen-bond donors (Lipinski definition) is 1. The van der Waals surface area contributed by atoms with Gasteiger partial charge in [0.1, 0.15) is 23.5 Å². The van der Waals surface area contributed by atoms with E-state index in [9.17, 15) is 13.2 Å². The van der Waals surface area contributed by atoms with Crippen molar-refractivity contribution in [2.24, 2.45) is 5.73 Å². The molecule has 0 aliphatic carbocycles. The van der Waals surface area contributed by atoms with Crippen LogP contribution >= 0.6 is 11.3 Å². The number of halogens is 3. The number of anilines is 1. The summed E-state index contributed by atoms with van der Waals surface area (Å²) in [5.41, 5.74) is 5.41. The molecule has 0 spiro atoms. The molecule has 0 unspecified atom stereocenters. The van der Waals surface area contributed by atoms with E-state index in [0.29, 0.717) is 16.0 Å². The zero-order valence-corrected chi connectivity index (χ0v) is 11.8. The molecule has 4 nitrogen and oxygen atoms in total. The number of aryl methyl sites for hydroxylation is 1. The van der Waals surface area contributed by atoms with Crippen molar-refractivity contribution in [3.63, 3.8) is 0 Å². The van der Waals surface area contributed by atoms with E-state index in [4.69, 9.17) is 5.73 Å². The fourth-order valence-corrected chi connectivity index (χ4v) is 2.88. The van der Waals surface area contributed by atoms with Crippen molar-refractivity contribution in [3.05, 3.63) is 17.3 Å². The Morgan fingerprint density at radius 2 is 2.10 bits per heavy atom. The predicted octanol–water partition coefficient (Wildman–Crippen LogP) is 2.58. The summed E-state index contributed by atoms with van der Waals surface area (Å²) >= 11 is 1.47. The zero-order valence-electron chi connectivity index (χ0n) is 10.9. The first-order valence-electron chi connectivity index (χ1n) is 6.19. The quantitative estimate of drug-likeness (QED) is 0.922. The third-order valence-corrected chi connectivity index (χ3v) is 3.96. The van der Waals surface area contributed by atoms with E-state index in [0.717, 1.165) is 16.2 Å². The Labute approximate surface area is 118 Å². The molecule has 2 aromatic heterocycles. The van der Waals surface area contributed by atoms with Gasteiger partial charge in [-0.1, -0.05) is 6.92 Å². The Morgan fingerprint density at radius 3 is 2.70 bits per heavy atom. The molecule has 20 heavy (non-hydrogen) atoms. The number of aromatic nitrogens is 2. The number of thiophene rings is 1. The summed E-state index contributed by atoms with van der Waals surface area (Å²) in [6, 6.07) is 1.86. The molecular formula is C12H15F3N4S. The van der Waals surface area contributed by atoms with Crippen LogP contribution in [-0.4, -0.2) is 35.8 Å². The van der Waals surface area contributed by atoms with Crippen molar-refractivity contribution >= 4 is 27.4 Å². The Bertz CT molecular complexity index is 582. The molecule has 110 valence electrons. The van der Waals surface area contributed by atoms with Gasteiger partial charge in [0.15, 0.2) is 0 Å². The highest BCUT2D eigenvalue weighted by atomic mass is 32.1. The third-order valence-electron chi connectivity index (χ3n) is 2.78. The van der Waals surface area contributed by atoms with Gasteiger partial charge in [0.25, 0.3) is 0 Å². The van der Waals surface area contributed by atoms with E-state index in [1.807, 2.05) is 13.0 Å². The summed E-state index contributed by atoms with van der Waals surface area (Å²) in [6.45, 7) is 1.16. The van der Waals surface area contributed by atoms with Crippen molar-refractivity contribution in [2.45, 2.75) is 19.5 Å². The molecule has 2 rings (SSSR count). The highest BCUT2D eigenvalue weighted by Crippen LogP contribution is 2.31. The van der Waals surface area contributed by atoms with Gasteiger partial charge < -0.3 is 10.6 Å². The summed E-state index contributed by atoms with van der Waals surface area (Å²) in [5.74, 6) is 0.300. The van der Waals surface area contributed by atoms with Crippen LogP contribution < -0.4 is 10.6 Å². The molecule has 0 aliphatic heterocycles. The molecule has 0 aromatic carbocycles. The van der Waals surface area contributed by atoms with Gasteiger partial charge in [0.2, 0.25) is 0 Å². The van der Waals surface area contributed by atoms with Gasteiger partial charge in [-0.05, 0) is 12.5 Å². The second-order valence-corrected chi connectivity index (χ2v) is 5.42. The fourth-order valence-electron chi connectivity index (χ4n) is 1.95. The topological polar surface area (TPSA) is 55.0 Å². The molecule has 2 N–H and O–H groups in total. The van der Waals surface area contributed by atoms with Crippen LogP contribution in [0.25, 0.3) is 10.2 Å². The lowest BCUT2D eigenvalue weighted by atomic mass is 10.3. The first-order valence-corrected chi connectivity index (χ1v) is 7.01. The number of nitrogens with two attached hydrogens (primary N) is 1. The van der Waals surface area contributed by atoms with E-state index < -0.39 is 12.7 Å². The van der Waals surface area contributed by atoms with E-state index in [2.05, 4.69) is 9.97 Å². The van der Waals surface area contributed by atoms with Crippen LogP contribution in [0.5, 0.6) is 0 Å². The van der Waals surface area contributed by atoms with Gasteiger partial charge in [0, 0.05) is 18.0 Å². The minimum Gasteiger partial charge on any atom is -0.346 e. The first kappa shape index (κ1) is 15.0. The molecule has 0 saturated carbocycles. The molecule has 0 amide bonds. The summed E-state index contributed by atoms with van der Waals surface area (Å²) in [6.07, 6.45) is -2.18. The number of nitrogens with zero attached hydrogens (tertiary/aromatic N) is 3. The van der Waals surface area contributed by atoms with Gasteiger partial charge in [0.05, 0.1) is 5.39 Å². The smallest absolute Gasteiger partial charge is 0.346 e. The summed E-state index contributed by atoms with van der Waals surface area (Å²) in [5, 5.41) is 0.659. The monoisotopic (exact) mass is 304 g/mol. The van der Waals surface area contributed by atoms with Gasteiger partial charge >= 0.3 is 6.18 Å². The van der Waals surface area contributed by atoms with Crippen LogP contribution in [0, 0.1) is 0 Å². The molecule has 0 fully saturated rings. The number of hydrogen-bond acceptors (Lipinski definition) is 5. The van der Waals surface area contributed by atoms with Crippen molar-refractivity contribution in [1.82, 2.24) is 9.97 Å². The van der Waals surface area contributed by atoms with E-state index in [1.54, 1.807) is 0 Å². The second kappa shape index (κ2) is 5.92. The van der Waals surface area contributed by atoms with Gasteiger partial charge in [-0.15, -0.1) is 11.3 Å². The summed E-state index contributed by atoms with van der Waals surface area (Å²) < 4.78 is 38.0.